The summed E-state index contributed by atoms with van der Waals surface area (Å²) in [5.74, 6) is 0.202. The Morgan fingerprint density at radius 3 is 2.57 bits per heavy atom. The molecule has 0 saturated heterocycles. The van der Waals surface area contributed by atoms with Gasteiger partial charge in [0, 0.05) is 0 Å². The van der Waals surface area contributed by atoms with Crippen LogP contribution in [0.1, 0.15) is 32.1 Å². The molecular weight excluding hydrogens is 178 g/mol. The van der Waals surface area contributed by atoms with Crippen molar-refractivity contribution < 1.29 is 9.53 Å². The number of rotatable bonds is 2. The molecule has 0 aromatic rings. The highest BCUT2D eigenvalue weighted by Gasteiger charge is 2.47. The van der Waals surface area contributed by atoms with E-state index in [4.69, 9.17) is 10.00 Å². The van der Waals surface area contributed by atoms with Crippen molar-refractivity contribution in [2.24, 2.45) is 5.92 Å². The van der Waals surface area contributed by atoms with E-state index in [9.17, 15) is 4.79 Å². The molecule has 2 bridgehead atoms. The van der Waals surface area contributed by atoms with Gasteiger partial charge in [0.05, 0.1) is 0 Å². The minimum Gasteiger partial charge on any atom is -0.455 e. The van der Waals surface area contributed by atoms with Gasteiger partial charge in [-0.25, -0.2) is 4.79 Å². The molecule has 0 aliphatic heterocycles. The molecule has 2 aliphatic carbocycles. The molecule has 0 spiro atoms. The van der Waals surface area contributed by atoms with Crippen LogP contribution < -0.4 is 0 Å². The maximum absolute atomic E-state index is 11.4. The monoisotopic (exact) mass is 191 g/mol. The predicted molar refractivity (Wildman–Crippen MR) is 50.2 cm³/mol. The summed E-state index contributed by atoms with van der Waals surface area (Å²) < 4.78 is 5.38. The van der Waals surface area contributed by atoms with Gasteiger partial charge in [0.1, 0.15) is 17.2 Å². The van der Waals surface area contributed by atoms with Gasteiger partial charge < -0.3 is 4.74 Å². The van der Waals surface area contributed by atoms with E-state index >= 15 is 0 Å². The van der Waals surface area contributed by atoms with Gasteiger partial charge in [0.2, 0.25) is 0 Å². The molecule has 0 heterocycles. The number of hydrogen-bond acceptors (Lipinski definition) is 3. The summed E-state index contributed by atoms with van der Waals surface area (Å²) in [7, 11) is 0. The lowest BCUT2D eigenvalue weighted by atomic mass is 9.97. The molecular formula is C11H13NO2. The van der Waals surface area contributed by atoms with Crippen molar-refractivity contribution in [1.82, 2.24) is 0 Å². The Labute approximate surface area is 83.4 Å². The van der Waals surface area contributed by atoms with Crippen LogP contribution in [-0.4, -0.2) is 11.6 Å². The number of esters is 1. The molecule has 0 aromatic carbocycles. The molecule has 0 amide bonds. The second-order valence-electron chi connectivity index (χ2n) is 4.31. The van der Waals surface area contributed by atoms with Crippen LogP contribution in [0, 0.1) is 17.2 Å². The Kier molecular flexibility index (Phi) is 2.07. The zero-order chi connectivity index (χ0) is 10.2. The second kappa shape index (κ2) is 3.13. The molecule has 74 valence electrons. The zero-order valence-electron chi connectivity index (χ0n) is 8.08. The van der Waals surface area contributed by atoms with Crippen LogP contribution in [0.5, 0.6) is 0 Å². The third-order valence-corrected chi connectivity index (χ3v) is 3.37. The molecule has 0 unspecified atom stereocenters. The van der Waals surface area contributed by atoms with E-state index in [1.165, 1.54) is 0 Å². The molecule has 0 radical (unpaired) electrons. The SMILES string of the molecule is C=C(C#N)C(=O)OC12CCC(CC1)C2. The number of carbonyl (C=O) groups excluding carboxylic acids is 1. The first-order valence-electron chi connectivity index (χ1n) is 4.97. The van der Waals surface area contributed by atoms with E-state index in [1.807, 2.05) is 0 Å². The summed E-state index contributed by atoms with van der Waals surface area (Å²) in [5, 5.41) is 8.50. The van der Waals surface area contributed by atoms with Crippen LogP contribution in [0.4, 0.5) is 0 Å². The first-order valence-corrected chi connectivity index (χ1v) is 4.97. The summed E-state index contributed by atoms with van der Waals surface area (Å²) in [6.45, 7) is 3.36. The molecule has 2 aliphatic rings. The standard InChI is InChI=1S/C11H13NO2/c1-8(7-12)10(13)14-11-4-2-9(6-11)3-5-11/h9H,1-6H2. The maximum Gasteiger partial charge on any atom is 0.348 e. The average Bonchev–Trinajstić information content (AvgIpc) is 2.75. The lowest BCUT2D eigenvalue weighted by molar-refractivity contribution is -0.153. The van der Waals surface area contributed by atoms with Crippen molar-refractivity contribution in [2.45, 2.75) is 37.7 Å². The van der Waals surface area contributed by atoms with E-state index in [0.717, 1.165) is 38.0 Å². The van der Waals surface area contributed by atoms with Gasteiger partial charge in [-0.1, -0.05) is 6.58 Å². The van der Waals surface area contributed by atoms with Gasteiger partial charge in [-0.2, -0.15) is 5.26 Å². The van der Waals surface area contributed by atoms with E-state index in [1.54, 1.807) is 6.07 Å². The summed E-state index contributed by atoms with van der Waals surface area (Å²) in [6.07, 6.45) is 5.22. The number of hydrogen-bond donors (Lipinski definition) is 0. The Morgan fingerprint density at radius 2 is 2.14 bits per heavy atom. The van der Waals surface area contributed by atoms with Crippen LogP contribution in [0.3, 0.4) is 0 Å². The van der Waals surface area contributed by atoms with Crippen LogP contribution >= 0.6 is 0 Å². The molecule has 0 atom stereocenters. The second-order valence-corrected chi connectivity index (χ2v) is 4.31. The van der Waals surface area contributed by atoms with E-state index < -0.39 is 5.97 Å². The van der Waals surface area contributed by atoms with Crippen LogP contribution in [0.2, 0.25) is 0 Å². The highest BCUT2D eigenvalue weighted by atomic mass is 16.6. The van der Waals surface area contributed by atoms with Gasteiger partial charge in [-0.3, -0.25) is 0 Å². The van der Waals surface area contributed by atoms with E-state index in [-0.39, 0.29) is 11.2 Å². The van der Waals surface area contributed by atoms with Crippen LogP contribution in [-0.2, 0) is 9.53 Å². The van der Waals surface area contributed by atoms with E-state index in [0.29, 0.717) is 0 Å². The lowest BCUT2D eigenvalue weighted by Gasteiger charge is -2.26. The normalized spacial score (nSPS) is 33.8. The third-order valence-electron chi connectivity index (χ3n) is 3.37. The van der Waals surface area contributed by atoms with E-state index in [2.05, 4.69) is 6.58 Å². The molecule has 2 saturated carbocycles. The van der Waals surface area contributed by atoms with Gasteiger partial charge in [0.15, 0.2) is 0 Å². The fourth-order valence-electron chi connectivity index (χ4n) is 2.59. The van der Waals surface area contributed by atoms with Crippen molar-refractivity contribution in [1.29, 1.82) is 5.26 Å². The van der Waals surface area contributed by atoms with Crippen molar-refractivity contribution in [3.63, 3.8) is 0 Å². The van der Waals surface area contributed by atoms with Gasteiger partial charge >= 0.3 is 5.97 Å². The zero-order valence-corrected chi connectivity index (χ0v) is 8.08. The first kappa shape index (κ1) is 9.26. The molecule has 2 rings (SSSR count). The van der Waals surface area contributed by atoms with Gasteiger partial charge in [0.25, 0.3) is 0 Å². The minimum atomic E-state index is -0.532. The highest BCUT2D eigenvalue weighted by molar-refractivity contribution is 5.92. The Bertz CT molecular complexity index is 319. The summed E-state index contributed by atoms with van der Waals surface area (Å²) in [5.41, 5.74) is -0.337. The third kappa shape index (κ3) is 1.41. The topological polar surface area (TPSA) is 50.1 Å². The van der Waals surface area contributed by atoms with Crippen LogP contribution in [0.25, 0.3) is 0 Å². The Hall–Kier alpha value is -1.30. The van der Waals surface area contributed by atoms with Crippen molar-refractivity contribution in [2.75, 3.05) is 0 Å². The number of nitrogens with zero attached hydrogens (tertiary/aromatic N) is 1. The smallest absolute Gasteiger partial charge is 0.348 e. The molecule has 0 N–H and O–H groups in total. The molecule has 2 fully saturated rings. The largest absolute Gasteiger partial charge is 0.455 e. The quantitative estimate of drug-likeness (QED) is 0.381. The first-order chi connectivity index (χ1) is 6.65. The molecule has 3 heteroatoms. The minimum absolute atomic E-state index is 0.0882. The maximum atomic E-state index is 11.4. The average molecular weight is 191 g/mol. The summed E-state index contributed by atoms with van der Waals surface area (Å²) in [4.78, 5) is 11.4. The number of ether oxygens (including phenoxy) is 1. The summed E-state index contributed by atoms with van der Waals surface area (Å²) in [6, 6.07) is 1.72. The fraction of sp³-hybridized carbons (Fsp3) is 0.636. The number of carbonyl (C=O) groups is 1. The Morgan fingerprint density at radius 1 is 1.50 bits per heavy atom. The summed E-state index contributed by atoms with van der Waals surface area (Å²) >= 11 is 0. The highest BCUT2D eigenvalue weighted by Crippen LogP contribution is 2.50. The lowest BCUT2D eigenvalue weighted by Crippen LogP contribution is -2.30. The van der Waals surface area contributed by atoms with Crippen LogP contribution in [0.15, 0.2) is 12.2 Å². The fourth-order valence-corrected chi connectivity index (χ4v) is 2.59. The van der Waals surface area contributed by atoms with Crippen molar-refractivity contribution >= 4 is 5.97 Å². The predicted octanol–water partition coefficient (Wildman–Crippen LogP) is 1.94. The van der Waals surface area contributed by atoms with Gasteiger partial charge in [-0.05, 0) is 38.0 Å². The van der Waals surface area contributed by atoms with Gasteiger partial charge in [-0.15, -0.1) is 0 Å². The van der Waals surface area contributed by atoms with Crippen molar-refractivity contribution in [3.05, 3.63) is 12.2 Å². The molecule has 14 heavy (non-hydrogen) atoms. The van der Waals surface area contributed by atoms with Crippen molar-refractivity contribution in [3.8, 4) is 6.07 Å². The molecule has 0 aromatic heterocycles. The number of fused-ring (bicyclic) bond motifs is 2. The Balaban J connectivity index is 2.01. The number of nitriles is 1. The molecule has 3 nitrogen and oxygen atoms in total.